The Morgan fingerprint density at radius 1 is 1.22 bits per heavy atom. The van der Waals surface area contributed by atoms with Gasteiger partial charge in [-0.25, -0.2) is 13.8 Å². The van der Waals surface area contributed by atoms with Gasteiger partial charge in [0.05, 0.1) is 0 Å². The molecule has 2 aromatic heterocycles. The molecule has 0 aliphatic heterocycles. The lowest BCUT2D eigenvalue weighted by atomic mass is 10.2. The van der Waals surface area contributed by atoms with Gasteiger partial charge in [-0.15, -0.1) is 0 Å². The molecule has 1 aromatic carbocycles. The van der Waals surface area contributed by atoms with Crippen molar-refractivity contribution in [3.8, 4) is 0 Å². The number of anilines is 3. The van der Waals surface area contributed by atoms with E-state index in [1.54, 1.807) is 18.3 Å². The molecule has 0 atom stereocenters. The number of thiazole rings is 1. The van der Waals surface area contributed by atoms with Crippen LogP contribution in [0.15, 0.2) is 42.7 Å². The van der Waals surface area contributed by atoms with Crippen molar-refractivity contribution in [3.05, 3.63) is 64.8 Å². The van der Waals surface area contributed by atoms with Crippen molar-refractivity contribution in [3.63, 3.8) is 0 Å². The molecule has 0 fully saturated rings. The lowest BCUT2D eigenvalue weighted by Gasteiger charge is -2.02. The topological polar surface area (TPSA) is 80.9 Å². The molecule has 0 bridgehead atoms. The zero-order valence-electron chi connectivity index (χ0n) is 11.6. The SMILES string of the molecule is Nc1nc(Nc2ccc(F)c(F)c2)sc1C(=O)c1cccnc1. The summed E-state index contributed by atoms with van der Waals surface area (Å²) in [6.45, 7) is 0. The van der Waals surface area contributed by atoms with Crippen LogP contribution in [-0.4, -0.2) is 15.8 Å². The number of ketones is 1. The molecule has 0 spiro atoms. The van der Waals surface area contributed by atoms with E-state index in [4.69, 9.17) is 5.73 Å². The molecule has 23 heavy (non-hydrogen) atoms. The molecule has 0 unspecified atom stereocenters. The molecule has 0 amide bonds. The number of aromatic nitrogens is 2. The van der Waals surface area contributed by atoms with Crippen LogP contribution in [0.2, 0.25) is 0 Å². The van der Waals surface area contributed by atoms with Gasteiger partial charge in [-0.2, -0.15) is 0 Å². The molecular formula is C15H10F2N4OS. The van der Waals surface area contributed by atoms with Crippen LogP contribution in [0.25, 0.3) is 0 Å². The first-order chi connectivity index (χ1) is 11.0. The number of hydrogen-bond acceptors (Lipinski definition) is 6. The Morgan fingerprint density at radius 2 is 2.04 bits per heavy atom. The fraction of sp³-hybridized carbons (Fsp3) is 0. The van der Waals surface area contributed by atoms with Gasteiger partial charge < -0.3 is 11.1 Å². The second-order valence-corrected chi connectivity index (χ2v) is 5.56. The highest BCUT2D eigenvalue weighted by molar-refractivity contribution is 7.18. The molecular weight excluding hydrogens is 322 g/mol. The van der Waals surface area contributed by atoms with E-state index in [1.165, 1.54) is 12.3 Å². The standard InChI is InChI=1S/C15H10F2N4OS/c16-10-4-3-9(6-11(10)17)20-15-21-14(18)13(23-15)12(22)8-2-1-5-19-7-8/h1-7H,18H2,(H,20,21). The van der Waals surface area contributed by atoms with Crippen LogP contribution in [0.4, 0.5) is 25.4 Å². The number of nitrogens with two attached hydrogens (primary N) is 1. The maximum Gasteiger partial charge on any atom is 0.208 e. The summed E-state index contributed by atoms with van der Waals surface area (Å²) >= 11 is 1.03. The summed E-state index contributed by atoms with van der Waals surface area (Å²) in [5.74, 6) is -2.16. The Morgan fingerprint density at radius 3 is 2.74 bits per heavy atom. The third kappa shape index (κ3) is 3.16. The van der Waals surface area contributed by atoms with E-state index in [9.17, 15) is 13.6 Å². The number of carbonyl (C=O) groups is 1. The fourth-order valence-corrected chi connectivity index (χ4v) is 2.74. The average molecular weight is 332 g/mol. The normalized spacial score (nSPS) is 10.5. The van der Waals surface area contributed by atoms with E-state index in [0.29, 0.717) is 16.4 Å². The maximum atomic E-state index is 13.2. The number of pyridine rings is 1. The van der Waals surface area contributed by atoms with Crippen LogP contribution in [-0.2, 0) is 0 Å². The molecule has 0 saturated carbocycles. The Bertz CT molecular complexity index is 867. The predicted molar refractivity (Wildman–Crippen MR) is 83.8 cm³/mol. The van der Waals surface area contributed by atoms with Gasteiger partial charge in [-0.3, -0.25) is 9.78 Å². The molecule has 0 aliphatic rings. The highest BCUT2D eigenvalue weighted by Crippen LogP contribution is 2.29. The van der Waals surface area contributed by atoms with E-state index in [-0.39, 0.29) is 16.5 Å². The number of hydrogen-bond donors (Lipinski definition) is 2. The molecule has 3 aromatic rings. The summed E-state index contributed by atoms with van der Waals surface area (Å²) in [7, 11) is 0. The van der Waals surface area contributed by atoms with E-state index >= 15 is 0 Å². The van der Waals surface area contributed by atoms with Crippen molar-refractivity contribution in [2.45, 2.75) is 0 Å². The zero-order valence-corrected chi connectivity index (χ0v) is 12.4. The van der Waals surface area contributed by atoms with E-state index in [1.807, 2.05) is 0 Å². The Hall–Kier alpha value is -2.87. The number of benzene rings is 1. The van der Waals surface area contributed by atoms with Gasteiger partial charge in [0.1, 0.15) is 10.7 Å². The zero-order chi connectivity index (χ0) is 16.4. The second kappa shape index (κ2) is 6.09. The lowest BCUT2D eigenvalue weighted by Crippen LogP contribution is -2.02. The number of rotatable bonds is 4. The minimum atomic E-state index is -0.980. The van der Waals surface area contributed by atoms with Gasteiger partial charge in [0.2, 0.25) is 5.78 Å². The number of nitrogens with one attached hydrogen (secondary N) is 1. The number of nitrogens with zero attached hydrogens (tertiary/aromatic N) is 2. The minimum Gasteiger partial charge on any atom is -0.382 e. The van der Waals surface area contributed by atoms with Crippen molar-refractivity contribution >= 4 is 33.8 Å². The first kappa shape index (κ1) is 15.0. The molecule has 3 N–H and O–H groups in total. The van der Waals surface area contributed by atoms with Gasteiger partial charge in [0.25, 0.3) is 0 Å². The minimum absolute atomic E-state index is 0.0638. The molecule has 116 valence electrons. The van der Waals surface area contributed by atoms with Crippen LogP contribution >= 0.6 is 11.3 Å². The quantitative estimate of drug-likeness (QED) is 0.716. The number of nitrogen functional groups attached to an aromatic ring is 1. The van der Waals surface area contributed by atoms with Crippen molar-refractivity contribution in [1.82, 2.24) is 9.97 Å². The van der Waals surface area contributed by atoms with Crippen molar-refractivity contribution in [2.24, 2.45) is 0 Å². The molecule has 8 heteroatoms. The van der Waals surface area contributed by atoms with Gasteiger partial charge in [0, 0.05) is 29.7 Å². The molecule has 0 aliphatic carbocycles. The maximum absolute atomic E-state index is 13.2. The molecule has 5 nitrogen and oxygen atoms in total. The molecule has 0 radical (unpaired) electrons. The largest absolute Gasteiger partial charge is 0.382 e. The summed E-state index contributed by atoms with van der Waals surface area (Å²) in [6, 6.07) is 6.62. The molecule has 2 heterocycles. The summed E-state index contributed by atoms with van der Waals surface area (Å²) in [5.41, 5.74) is 6.47. The smallest absolute Gasteiger partial charge is 0.208 e. The molecule has 0 saturated heterocycles. The summed E-state index contributed by atoms with van der Waals surface area (Å²) in [5, 5.41) is 3.10. The highest BCUT2D eigenvalue weighted by atomic mass is 32.1. The third-order valence-corrected chi connectivity index (χ3v) is 3.94. The van der Waals surface area contributed by atoms with Crippen molar-refractivity contribution in [1.29, 1.82) is 0 Å². The van der Waals surface area contributed by atoms with Crippen LogP contribution < -0.4 is 11.1 Å². The van der Waals surface area contributed by atoms with Crippen LogP contribution in [0.1, 0.15) is 15.2 Å². The van der Waals surface area contributed by atoms with Crippen molar-refractivity contribution < 1.29 is 13.6 Å². The molecule has 3 rings (SSSR count). The first-order valence-corrected chi connectivity index (χ1v) is 7.29. The second-order valence-electron chi connectivity index (χ2n) is 4.56. The Labute approximate surface area is 133 Å². The van der Waals surface area contributed by atoms with E-state index < -0.39 is 11.6 Å². The summed E-state index contributed by atoms with van der Waals surface area (Å²) in [6.07, 6.45) is 2.99. The average Bonchev–Trinajstić information content (AvgIpc) is 2.91. The van der Waals surface area contributed by atoms with Gasteiger partial charge >= 0.3 is 0 Å². The fourth-order valence-electron chi connectivity index (χ4n) is 1.87. The highest BCUT2D eigenvalue weighted by Gasteiger charge is 2.18. The third-order valence-electron chi connectivity index (χ3n) is 2.95. The lowest BCUT2D eigenvalue weighted by molar-refractivity contribution is 0.104. The predicted octanol–water partition coefficient (Wildman–Crippen LogP) is 3.37. The van der Waals surface area contributed by atoms with Crippen LogP contribution in [0, 0.1) is 11.6 Å². The van der Waals surface area contributed by atoms with Crippen LogP contribution in [0.5, 0.6) is 0 Å². The van der Waals surface area contributed by atoms with Crippen molar-refractivity contribution in [2.75, 3.05) is 11.1 Å². The van der Waals surface area contributed by atoms with E-state index in [2.05, 4.69) is 15.3 Å². The van der Waals surface area contributed by atoms with Gasteiger partial charge in [-0.1, -0.05) is 11.3 Å². The number of carbonyl (C=O) groups excluding carboxylic acids is 1. The van der Waals surface area contributed by atoms with E-state index in [0.717, 1.165) is 23.5 Å². The Kier molecular flexibility index (Phi) is 3.98. The summed E-state index contributed by atoms with van der Waals surface area (Å²) < 4.78 is 26.1. The van der Waals surface area contributed by atoms with Gasteiger partial charge in [0.15, 0.2) is 16.8 Å². The monoisotopic (exact) mass is 332 g/mol. The Balaban J connectivity index is 1.86. The summed E-state index contributed by atoms with van der Waals surface area (Å²) in [4.78, 5) is 20.5. The number of halogens is 2. The van der Waals surface area contributed by atoms with Gasteiger partial charge in [-0.05, 0) is 24.3 Å². The van der Waals surface area contributed by atoms with Crippen LogP contribution in [0.3, 0.4) is 0 Å². The first-order valence-electron chi connectivity index (χ1n) is 6.47.